The fourth-order valence-electron chi connectivity index (χ4n) is 1.47. The second-order valence-electron chi connectivity index (χ2n) is 3.83. The summed E-state index contributed by atoms with van der Waals surface area (Å²) in [7, 11) is 0. The molecule has 2 rings (SSSR count). The Balaban J connectivity index is 0.00000162. The molecular weight excluding hydrogens is 357 g/mol. The van der Waals surface area contributed by atoms with Gasteiger partial charge in [0.05, 0.1) is 6.54 Å². The van der Waals surface area contributed by atoms with Crippen molar-refractivity contribution in [1.82, 2.24) is 0 Å². The van der Waals surface area contributed by atoms with Gasteiger partial charge in [-0.1, -0.05) is 12.1 Å². The number of aliphatic imine (C=N–C) groups is 1. The third-order valence-corrected chi connectivity index (χ3v) is 3.03. The predicted octanol–water partition coefficient (Wildman–Crippen LogP) is 3.60. The van der Waals surface area contributed by atoms with Gasteiger partial charge in [-0.15, -0.1) is 24.0 Å². The topological polar surface area (TPSA) is 50.4 Å². The van der Waals surface area contributed by atoms with Crippen molar-refractivity contribution in [2.75, 3.05) is 5.32 Å². The minimum atomic E-state index is 0. The van der Waals surface area contributed by atoms with E-state index in [-0.39, 0.29) is 24.0 Å². The van der Waals surface area contributed by atoms with Crippen LogP contribution in [0, 0.1) is 6.92 Å². The number of nitrogens with one attached hydrogen (secondary N) is 1. The van der Waals surface area contributed by atoms with Gasteiger partial charge in [0.1, 0.15) is 0 Å². The van der Waals surface area contributed by atoms with E-state index in [1.54, 1.807) is 11.3 Å². The summed E-state index contributed by atoms with van der Waals surface area (Å²) in [6.07, 6.45) is 0. The number of anilines is 1. The van der Waals surface area contributed by atoms with E-state index < -0.39 is 0 Å². The van der Waals surface area contributed by atoms with Crippen LogP contribution in [-0.2, 0) is 6.54 Å². The van der Waals surface area contributed by atoms with E-state index in [9.17, 15) is 0 Å². The smallest absolute Gasteiger partial charge is 0.193 e. The molecule has 1 heterocycles. The summed E-state index contributed by atoms with van der Waals surface area (Å²) in [5.41, 5.74) is 9.16. The van der Waals surface area contributed by atoms with Gasteiger partial charge in [0.15, 0.2) is 5.96 Å². The van der Waals surface area contributed by atoms with Gasteiger partial charge in [-0.25, -0.2) is 4.99 Å². The highest BCUT2D eigenvalue weighted by Gasteiger charge is 1.96. The molecule has 0 aliphatic heterocycles. The lowest BCUT2D eigenvalue weighted by atomic mass is 10.2. The minimum absolute atomic E-state index is 0. The zero-order valence-corrected chi connectivity index (χ0v) is 13.2. The number of hydrogen-bond donors (Lipinski definition) is 2. The quantitative estimate of drug-likeness (QED) is 0.491. The molecule has 1 aromatic carbocycles. The molecule has 0 spiro atoms. The van der Waals surface area contributed by atoms with Gasteiger partial charge in [-0.05, 0) is 47.0 Å². The van der Waals surface area contributed by atoms with Gasteiger partial charge < -0.3 is 11.1 Å². The van der Waals surface area contributed by atoms with Gasteiger partial charge in [-0.2, -0.15) is 11.3 Å². The van der Waals surface area contributed by atoms with Crippen LogP contribution < -0.4 is 11.1 Å². The van der Waals surface area contributed by atoms with Crippen molar-refractivity contribution >= 4 is 47.0 Å². The highest BCUT2D eigenvalue weighted by molar-refractivity contribution is 14.0. The molecule has 0 aliphatic carbocycles. The fraction of sp³-hybridized carbons (Fsp3) is 0.154. The maximum Gasteiger partial charge on any atom is 0.193 e. The first-order valence-electron chi connectivity index (χ1n) is 5.39. The molecule has 0 fully saturated rings. The number of nitrogens with zero attached hydrogens (tertiary/aromatic N) is 1. The Labute approximate surface area is 128 Å². The molecule has 0 saturated heterocycles. The number of halogens is 1. The number of thiophene rings is 1. The number of rotatable bonds is 3. The molecule has 2 aromatic rings. The Bertz CT molecular complexity index is 509. The van der Waals surface area contributed by atoms with Crippen LogP contribution in [0.4, 0.5) is 5.69 Å². The number of nitrogens with two attached hydrogens (primary N) is 1. The first kappa shape index (κ1) is 15.0. The molecule has 0 bridgehead atoms. The van der Waals surface area contributed by atoms with Crippen LogP contribution in [0.25, 0.3) is 0 Å². The van der Waals surface area contributed by atoms with E-state index in [1.807, 2.05) is 42.6 Å². The van der Waals surface area contributed by atoms with Gasteiger partial charge in [0.2, 0.25) is 0 Å². The van der Waals surface area contributed by atoms with E-state index in [1.165, 1.54) is 11.1 Å². The van der Waals surface area contributed by atoms with Crippen molar-refractivity contribution in [1.29, 1.82) is 0 Å². The Kier molecular flexibility index (Phi) is 6.14. The first-order chi connectivity index (χ1) is 8.24. The Morgan fingerprint density at radius 3 is 2.89 bits per heavy atom. The number of aryl methyl sites for hydroxylation is 1. The predicted molar refractivity (Wildman–Crippen MR) is 89.9 cm³/mol. The molecule has 18 heavy (non-hydrogen) atoms. The summed E-state index contributed by atoms with van der Waals surface area (Å²) in [6.45, 7) is 2.66. The minimum Gasteiger partial charge on any atom is -0.370 e. The van der Waals surface area contributed by atoms with Crippen molar-refractivity contribution in [3.63, 3.8) is 0 Å². The van der Waals surface area contributed by atoms with Crippen molar-refractivity contribution in [3.8, 4) is 0 Å². The van der Waals surface area contributed by atoms with Crippen LogP contribution in [0.15, 0.2) is 46.1 Å². The van der Waals surface area contributed by atoms with Crippen molar-refractivity contribution in [3.05, 3.63) is 52.2 Å². The molecule has 0 amide bonds. The molecule has 1 aromatic heterocycles. The molecular formula is C13H16IN3S. The Morgan fingerprint density at radius 1 is 1.39 bits per heavy atom. The lowest BCUT2D eigenvalue weighted by Gasteiger charge is -2.05. The summed E-state index contributed by atoms with van der Waals surface area (Å²) in [5.74, 6) is 0.446. The number of guanidine groups is 1. The van der Waals surface area contributed by atoms with Crippen LogP contribution in [-0.4, -0.2) is 5.96 Å². The largest absolute Gasteiger partial charge is 0.370 e. The number of hydrogen-bond acceptors (Lipinski definition) is 2. The van der Waals surface area contributed by atoms with Crippen LogP contribution in [0.3, 0.4) is 0 Å². The summed E-state index contributed by atoms with van der Waals surface area (Å²) >= 11 is 1.67. The Hall–Kier alpha value is -1.08. The molecule has 3 N–H and O–H groups in total. The highest BCUT2D eigenvalue weighted by Crippen LogP contribution is 2.10. The molecule has 0 aliphatic rings. The molecule has 0 saturated carbocycles. The first-order valence-corrected chi connectivity index (χ1v) is 6.33. The molecule has 96 valence electrons. The lowest BCUT2D eigenvalue weighted by Crippen LogP contribution is -2.22. The molecule has 0 unspecified atom stereocenters. The van der Waals surface area contributed by atoms with E-state index >= 15 is 0 Å². The summed E-state index contributed by atoms with van der Waals surface area (Å²) in [5, 5.41) is 7.19. The molecule has 0 atom stereocenters. The third kappa shape index (κ3) is 4.66. The van der Waals surface area contributed by atoms with Crippen LogP contribution in [0.2, 0.25) is 0 Å². The zero-order valence-electron chi connectivity index (χ0n) is 10.1. The van der Waals surface area contributed by atoms with Gasteiger partial charge in [-0.3, -0.25) is 0 Å². The van der Waals surface area contributed by atoms with E-state index in [0.29, 0.717) is 12.5 Å². The normalized spacial score (nSPS) is 10.8. The second kappa shape index (κ2) is 7.38. The van der Waals surface area contributed by atoms with Crippen LogP contribution in [0.5, 0.6) is 0 Å². The van der Waals surface area contributed by atoms with E-state index in [4.69, 9.17) is 5.73 Å². The van der Waals surface area contributed by atoms with Crippen molar-refractivity contribution < 1.29 is 0 Å². The third-order valence-electron chi connectivity index (χ3n) is 2.30. The maximum absolute atomic E-state index is 5.81. The fourth-order valence-corrected chi connectivity index (χ4v) is 2.13. The highest BCUT2D eigenvalue weighted by atomic mass is 127. The van der Waals surface area contributed by atoms with Crippen LogP contribution >= 0.6 is 35.3 Å². The molecule has 3 nitrogen and oxygen atoms in total. The number of benzene rings is 1. The maximum atomic E-state index is 5.81. The monoisotopic (exact) mass is 373 g/mol. The van der Waals surface area contributed by atoms with Crippen LogP contribution in [0.1, 0.15) is 11.1 Å². The second-order valence-corrected chi connectivity index (χ2v) is 4.61. The summed E-state index contributed by atoms with van der Waals surface area (Å²) < 4.78 is 0. The van der Waals surface area contributed by atoms with Gasteiger partial charge >= 0.3 is 0 Å². The van der Waals surface area contributed by atoms with Crippen molar-refractivity contribution in [2.24, 2.45) is 10.7 Å². The molecule has 5 heteroatoms. The van der Waals surface area contributed by atoms with Crippen molar-refractivity contribution in [2.45, 2.75) is 13.5 Å². The zero-order chi connectivity index (χ0) is 12.1. The molecule has 0 radical (unpaired) electrons. The average Bonchev–Trinajstić information content (AvgIpc) is 2.79. The van der Waals surface area contributed by atoms with E-state index in [2.05, 4.69) is 15.7 Å². The summed E-state index contributed by atoms with van der Waals surface area (Å²) in [4.78, 5) is 4.28. The van der Waals surface area contributed by atoms with Gasteiger partial charge in [0.25, 0.3) is 0 Å². The average molecular weight is 373 g/mol. The lowest BCUT2D eigenvalue weighted by molar-refractivity contribution is 1.07. The van der Waals surface area contributed by atoms with E-state index in [0.717, 1.165) is 5.69 Å². The Morgan fingerprint density at radius 2 is 2.22 bits per heavy atom. The standard InChI is InChI=1S/C13H15N3S.HI/c1-10-3-2-4-12(7-10)16-13(14)15-8-11-5-6-17-9-11;/h2-7,9H,8H2,1H3,(H3,14,15,16);1H. The SMILES string of the molecule is Cc1cccc(NC(N)=NCc2ccsc2)c1.I. The summed E-state index contributed by atoms with van der Waals surface area (Å²) in [6, 6.07) is 10.1. The van der Waals surface area contributed by atoms with Gasteiger partial charge in [0, 0.05) is 5.69 Å².